The van der Waals surface area contributed by atoms with Crippen LogP contribution >= 0.6 is 0 Å². The van der Waals surface area contributed by atoms with Crippen molar-refractivity contribution in [3.63, 3.8) is 0 Å². The largest absolute Gasteiger partial charge is 0.483 e. The number of nitrogens with zero attached hydrogens (tertiary/aromatic N) is 2. The molecule has 0 spiro atoms. The predicted octanol–water partition coefficient (Wildman–Crippen LogP) is 0.718. The number of hydrogen-bond donors (Lipinski definition) is 0. The zero-order chi connectivity index (χ0) is 9.54. The molecule has 70 valence electrons. The Morgan fingerprint density at radius 1 is 1.50 bits per heavy atom. The second kappa shape index (κ2) is 2.47. The average molecular weight is 190 g/mol. The van der Waals surface area contributed by atoms with Gasteiger partial charge < -0.3 is 9.15 Å². The molecule has 0 N–H and O–H groups in total. The molecule has 1 aliphatic heterocycles. The van der Waals surface area contributed by atoms with Gasteiger partial charge in [0, 0.05) is 6.20 Å². The van der Waals surface area contributed by atoms with E-state index in [2.05, 4.69) is 4.98 Å². The summed E-state index contributed by atoms with van der Waals surface area (Å²) in [5.74, 6) is 0.666. The zero-order valence-electron chi connectivity index (χ0n) is 7.14. The van der Waals surface area contributed by atoms with Gasteiger partial charge in [-0.15, -0.1) is 0 Å². The van der Waals surface area contributed by atoms with E-state index in [1.807, 2.05) is 0 Å². The monoisotopic (exact) mass is 190 g/mol. The minimum Gasteiger partial charge on any atom is -0.483 e. The Hall–Kier alpha value is -2.04. The maximum Gasteiger partial charge on any atom is 0.425 e. The van der Waals surface area contributed by atoms with Crippen LogP contribution in [0.4, 0.5) is 0 Å². The summed E-state index contributed by atoms with van der Waals surface area (Å²) in [5, 5.41) is 0. The van der Waals surface area contributed by atoms with Gasteiger partial charge in [0.1, 0.15) is 18.6 Å². The van der Waals surface area contributed by atoms with E-state index in [-0.39, 0.29) is 0 Å². The first-order valence-electron chi connectivity index (χ1n) is 4.14. The van der Waals surface area contributed by atoms with E-state index in [0.29, 0.717) is 23.9 Å². The van der Waals surface area contributed by atoms with Crippen LogP contribution < -0.4 is 10.5 Å². The van der Waals surface area contributed by atoms with E-state index in [1.165, 1.54) is 10.8 Å². The van der Waals surface area contributed by atoms with Gasteiger partial charge in [0.25, 0.3) is 0 Å². The van der Waals surface area contributed by atoms with Crippen LogP contribution in [0.5, 0.6) is 5.75 Å². The molecule has 3 rings (SSSR count). The van der Waals surface area contributed by atoms with Crippen LogP contribution in [0, 0.1) is 0 Å². The summed E-state index contributed by atoms with van der Waals surface area (Å²) >= 11 is 0. The molecular weight excluding hydrogens is 184 g/mol. The van der Waals surface area contributed by atoms with Crippen molar-refractivity contribution in [3.8, 4) is 11.6 Å². The van der Waals surface area contributed by atoms with Gasteiger partial charge in [-0.1, -0.05) is 0 Å². The molecule has 0 aliphatic carbocycles. The summed E-state index contributed by atoms with van der Waals surface area (Å²) in [6.45, 7) is 0.338. The third-order valence-corrected chi connectivity index (χ3v) is 2.10. The molecule has 5 nitrogen and oxygen atoms in total. The Balaban J connectivity index is 2.38. The summed E-state index contributed by atoms with van der Waals surface area (Å²) in [7, 11) is 0. The van der Waals surface area contributed by atoms with E-state index >= 15 is 0 Å². The number of oxazole rings is 1. The summed E-state index contributed by atoms with van der Waals surface area (Å²) < 4.78 is 11.6. The van der Waals surface area contributed by atoms with Gasteiger partial charge in [-0.05, 0) is 12.1 Å². The van der Waals surface area contributed by atoms with Crippen molar-refractivity contribution >= 4 is 0 Å². The van der Waals surface area contributed by atoms with Gasteiger partial charge in [-0.2, -0.15) is 0 Å². The molecule has 0 aromatic carbocycles. The third-order valence-electron chi connectivity index (χ3n) is 2.10. The zero-order valence-corrected chi connectivity index (χ0v) is 7.14. The molecule has 0 amide bonds. The Labute approximate surface area is 78.6 Å². The fraction of sp³-hybridized carbons (Fsp3) is 0.111. The van der Waals surface area contributed by atoms with Crippen LogP contribution in [0.3, 0.4) is 0 Å². The molecule has 0 radical (unpaired) electrons. The quantitative estimate of drug-likeness (QED) is 0.614. The lowest BCUT2D eigenvalue weighted by molar-refractivity contribution is 0.282. The summed E-state index contributed by atoms with van der Waals surface area (Å²) in [6, 6.07) is 3.53. The lowest BCUT2D eigenvalue weighted by Crippen LogP contribution is -2.21. The Morgan fingerprint density at radius 3 is 3.36 bits per heavy atom. The maximum atomic E-state index is 11.3. The molecule has 0 saturated heterocycles. The van der Waals surface area contributed by atoms with E-state index in [0.717, 1.165) is 0 Å². The normalized spacial score (nSPS) is 12.9. The lowest BCUT2D eigenvalue weighted by atomic mass is 10.3. The molecule has 5 heteroatoms. The standard InChI is InChI=1S/C9H6N2O3/c12-9-11-6(5-14-9)4-13-7-2-1-3-10-8(7)11/h1-3,5H,4H2. The molecule has 0 fully saturated rings. The molecule has 2 aromatic heterocycles. The highest BCUT2D eigenvalue weighted by Gasteiger charge is 2.20. The van der Waals surface area contributed by atoms with Crippen molar-refractivity contribution < 1.29 is 9.15 Å². The molecule has 0 bridgehead atoms. The smallest absolute Gasteiger partial charge is 0.425 e. The summed E-state index contributed by atoms with van der Waals surface area (Å²) in [4.78, 5) is 15.4. The number of pyridine rings is 1. The van der Waals surface area contributed by atoms with E-state index in [4.69, 9.17) is 9.15 Å². The highest BCUT2D eigenvalue weighted by atomic mass is 16.5. The van der Waals surface area contributed by atoms with E-state index < -0.39 is 5.76 Å². The van der Waals surface area contributed by atoms with Crippen molar-refractivity contribution in [1.29, 1.82) is 0 Å². The Kier molecular flexibility index (Phi) is 1.30. The molecule has 1 aliphatic rings. The second-order valence-electron chi connectivity index (χ2n) is 2.94. The van der Waals surface area contributed by atoms with Gasteiger partial charge in [-0.25, -0.2) is 14.3 Å². The minimum atomic E-state index is -0.428. The van der Waals surface area contributed by atoms with Crippen molar-refractivity contribution in [2.45, 2.75) is 6.61 Å². The van der Waals surface area contributed by atoms with Crippen molar-refractivity contribution in [2.75, 3.05) is 0 Å². The van der Waals surface area contributed by atoms with Gasteiger partial charge in [-0.3, -0.25) is 0 Å². The topological polar surface area (TPSA) is 57.3 Å². The number of hydrogen-bond acceptors (Lipinski definition) is 4. The lowest BCUT2D eigenvalue weighted by Gasteiger charge is -2.16. The van der Waals surface area contributed by atoms with Crippen LogP contribution in [0.15, 0.2) is 33.8 Å². The van der Waals surface area contributed by atoms with Gasteiger partial charge in [0.15, 0.2) is 11.6 Å². The Bertz CT molecular complexity index is 541. The van der Waals surface area contributed by atoms with Crippen molar-refractivity contribution in [2.24, 2.45) is 0 Å². The predicted molar refractivity (Wildman–Crippen MR) is 46.4 cm³/mol. The first-order valence-corrected chi connectivity index (χ1v) is 4.14. The minimum absolute atomic E-state index is 0.338. The molecule has 0 unspecified atom stereocenters. The summed E-state index contributed by atoms with van der Waals surface area (Å²) in [6.07, 6.45) is 3.00. The molecule has 0 saturated carbocycles. The van der Waals surface area contributed by atoms with Crippen LogP contribution in [-0.4, -0.2) is 9.55 Å². The third kappa shape index (κ3) is 0.834. The fourth-order valence-corrected chi connectivity index (χ4v) is 1.48. The van der Waals surface area contributed by atoms with E-state index in [1.54, 1.807) is 18.3 Å². The van der Waals surface area contributed by atoms with Gasteiger partial charge in [0.2, 0.25) is 0 Å². The number of ether oxygens (including phenoxy) is 1. The van der Waals surface area contributed by atoms with Gasteiger partial charge >= 0.3 is 5.76 Å². The number of rotatable bonds is 0. The molecular formula is C9H6N2O3. The average Bonchev–Trinajstić information content (AvgIpc) is 2.61. The number of fused-ring (bicyclic) bond motifs is 3. The first-order chi connectivity index (χ1) is 6.86. The number of aromatic nitrogens is 2. The van der Waals surface area contributed by atoms with Crippen molar-refractivity contribution in [3.05, 3.63) is 40.8 Å². The van der Waals surface area contributed by atoms with Crippen LogP contribution in [0.25, 0.3) is 5.82 Å². The first kappa shape index (κ1) is 7.37. The molecule has 3 heterocycles. The fourth-order valence-electron chi connectivity index (χ4n) is 1.48. The molecule has 2 aromatic rings. The summed E-state index contributed by atoms with van der Waals surface area (Å²) in [5.41, 5.74) is 0.682. The SMILES string of the molecule is O=c1occ2n1-c1ncccc1OC2. The van der Waals surface area contributed by atoms with Gasteiger partial charge in [0.05, 0.1) is 0 Å². The van der Waals surface area contributed by atoms with Crippen LogP contribution in [0.2, 0.25) is 0 Å². The molecule has 14 heavy (non-hydrogen) atoms. The van der Waals surface area contributed by atoms with Crippen LogP contribution in [-0.2, 0) is 6.61 Å². The van der Waals surface area contributed by atoms with Crippen molar-refractivity contribution in [1.82, 2.24) is 9.55 Å². The highest BCUT2D eigenvalue weighted by molar-refractivity contribution is 5.42. The highest BCUT2D eigenvalue weighted by Crippen LogP contribution is 2.25. The maximum absolute atomic E-state index is 11.3. The Morgan fingerprint density at radius 2 is 2.43 bits per heavy atom. The van der Waals surface area contributed by atoms with E-state index in [9.17, 15) is 4.79 Å². The second-order valence-corrected chi connectivity index (χ2v) is 2.94. The van der Waals surface area contributed by atoms with Crippen LogP contribution in [0.1, 0.15) is 5.69 Å². The molecule has 0 atom stereocenters.